The van der Waals surface area contributed by atoms with Crippen molar-refractivity contribution in [3.8, 4) is 5.75 Å². The lowest BCUT2D eigenvalue weighted by Gasteiger charge is -2.31. The van der Waals surface area contributed by atoms with Crippen molar-refractivity contribution in [3.05, 3.63) is 29.8 Å². The lowest BCUT2D eigenvalue weighted by atomic mass is 9.89. The fraction of sp³-hybridized carbons (Fsp3) is 0.533. The molecule has 116 valence electrons. The predicted molar refractivity (Wildman–Crippen MR) is 75.0 cm³/mol. The van der Waals surface area contributed by atoms with Gasteiger partial charge in [0.1, 0.15) is 11.3 Å². The smallest absolute Gasteiger partial charge is 0.387 e. The lowest BCUT2D eigenvalue weighted by molar-refractivity contribution is -0.124. The van der Waals surface area contributed by atoms with Crippen LogP contribution >= 0.6 is 0 Å². The molecule has 4 nitrogen and oxygen atoms in total. The molecule has 1 unspecified atom stereocenters. The third kappa shape index (κ3) is 3.69. The molecule has 0 bridgehead atoms. The second kappa shape index (κ2) is 6.39. The van der Waals surface area contributed by atoms with Crippen LogP contribution in [0.25, 0.3) is 0 Å². The van der Waals surface area contributed by atoms with E-state index in [9.17, 15) is 13.6 Å². The number of benzene rings is 1. The molecular weight excluding hydrogens is 278 g/mol. The maximum absolute atomic E-state index is 12.3. The van der Waals surface area contributed by atoms with Gasteiger partial charge in [-0.3, -0.25) is 10.1 Å². The van der Waals surface area contributed by atoms with Gasteiger partial charge >= 0.3 is 6.61 Å². The Hall–Kier alpha value is -1.69. The Morgan fingerprint density at radius 3 is 2.67 bits per heavy atom. The number of amides is 1. The van der Waals surface area contributed by atoms with Crippen molar-refractivity contribution in [2.75, 3.05) is 0 Å². The number of carbonyl (C=O) groups excluding carboxylic acids is 1. The number of ether oxygens (including phenoxy) is 1. The molecule has 0 spiro atoms. The van der Waals surface area contributed by atoms with Crippen LogP contribution in [0.4, 0.5) is 8.78 Å². The van der Waals surface area contributed by atoms with Crippen LogP contribution in [0.1, 0.15) is 38.2 Å². The van der Waals surface area contributed by atoms with Gasteiger partial charge in [0.2, 0.25) is 5.91 Å². The van der Waals surface area contributed by atoms with Crippen molar-refractivity contribution in [2.45, 2.75) is 50.8 Å². The predicted octanol–water partition coefficient (Wildman–Crippen LogP) is 2.52. The van der Waals surface area contributed by atoms with Crippen molar-refractivity contribution in [1.29, 1.82) is 0 Å². The fourth-order valence-electron chi connectivity index (χ4n) is 2.76. The first kappa shape index (κ1) is 15.7. The normalized spacial score (nSPS) is 18.7. The first-order valence-corrected chi connectivity index (χ1v) is 7.05. The molecule has 0 aliphatic heterocycles. The number of alkyl halides is 2. The summed E-state index contributed by atoms with van der Waals surface area (Å²) in [6.07, 6.45) is 4.19. The summed E-state index contributed by atoms with van der Waals surface area (Å²) in [5.74, 6) is -0.521. The van der Waals surface area contributed by atoms with Crippen LogP contribution in [-0.2, 0) is 10.3 Å². The maximum Gasteiger partial charge on any atom is 0.387 e. The van der Waals surface area contributed by atoms with Crippen LogP contribution in [0, 0.1) is 0 Å². The van der Waals surface area contributed by atoms with E-state index in [1.807, 2.05) is 0 Å². The van der Waals surface area contributed by atoms with E-state index in [1.165, 1.54) is 12.1 Å². The van der Waals surface area contributed by atoms with E-state index in [-0.39, 0.29) is 11.8 Å². The molecule has 0 saturated heterocycles. The Morgan fingerprint density at radius 2 is 2.10 bits per heavy atom. The number of nitrogens with two attached hydrogens (primary N) is 1. The van der Waals surface area contributed by atoms with Crippen molar-refractivity contribution in [2.24, 2.45) is 5.73 Å². The number of rotatable bonds is 6. The summed E-state index contributed by atoms with van der Waals surface area (Å²) in [6.45, 7) is -1.22. The van der Waals surface area contributed by atoms with Gasteiger partial charge in [0.05, 0.1) is 0 Å². The topological polar surface area (TPSA) is 64.3 Å². The molecular formula is C15H20F2N2O2. The minimum Gasteiger partial charge on any atom is -0.435 e. The summed E-state index contributed by atoms with van der Waals surface area (Å²) < 4.78 is 29.0. The highest BCUT2D eigenvalue weighted by atomic mass is 19.3. The quantitative estimate of drug-likeness (QED) is 0.848. The van der Waals surface area contributed by atoms with Crippen LogP contribution in [-0.4, -0.2) is 18.6 Å². The van der Waals surface area contributed by atoms with Gasteiger partial charge in [0.15, 0.2) is 0 Å². The zero-order chi connectivity index (χ0) is 15.5. The second-order valence-corrected chi connectivity index (χ2v) is 5.52. The number of nitrogens with one attached hydrogen (secondary N) is 1. The third-order valence-electron chi connectivity index (χ3n) is 3.98. The summed E-state index contributed by atoms with van der Waals surface area (Å²) in [4.78, 5) is 11.9. The Kier molecular flexibility index (Phi) is 4.77. The average molecular weight is 298 g/mol. The fourth-order valence-corrected chi connectivity index (χ4v) is 2.76. The van der Waals surface area contributed by atoms with Gasteiger partial charge in [-0.1, -0.05) is 25.0 Å². The average Bonchev–Trinajstić information content (AvgIpc) is 2.90. The number of carbonyl (C=O) groups is 1. The summed E-state index contributed by atoms with van der Waals surface area (Å²) in [7, 11) is 0. The molecule has 0 aromatic heterocycles. The summed E-state index contributed by atoms with van der Waals surface area (Å²) in [6, 6.07) is 6.32. The molecule has 1 aliphatic rings. The van der Waals surface area contributed by atoms with Crippen LogP contribution < -0.4 is 15.8 Å². The van der Waals surface area contributed by atoms with Gasteiger partial charge in [0, 0.05) is 6.04 Å². The highest BCUT2D eigenvalue weighted by Crippen LogP contribution is 2.29. The van der Waals surface area contributed by atoms with Crippen molar-refractivity contribution < 1.29 is 18.3 Å². The van der Waals surface area contributed by atoms with Crippen LogP contribution in [0.5, 0.6) is 5.75 Å². The van der Waals surface area contributed by atoms with Gasteiger partial charge in [-0.2, -0.15) is 8.78 Å². The largest absolute Gasteiger partial charge is 0.435 e. The van der Waals surface area contributed by atoms with E-state index in [1.54, 1.807) is 19.1 Å². The van der Waals surface area contributed by atoms with Crippen LogP contribution in [0.2, 0.25) is 0 Å². The minimum absolute atomic E-state index is 0.0168. The molecule has 0 radical (unpaired) electrons. The Bertz CT molecular complexity index is 504. The maximum atomic E-state index is 12.3. The van der Waals surface area contributed by atoms with Crippen LogP contribution in [0.15, 0.2) is 24.3 Å². The highest BCUT2D eigenvalue weighted by molar-refractivity contribution is 5.85. The second-order valence-electron chi connectivity index (χ2n) is 5.52. The molecule has 0 heterocycles. The number of hydrogen-bond acceptors (Lipinski definition) is 3. The Balaban J connectivity index is 2.26. The molecule has 1 fully saturated rings. The number of primary amides is 1. The van der Waals surface area contributed by atoms with E-state index in [0.29, 0.717) is 5.56 Å². The standard InChI is InChI=1S/C15H20F2N2O2/c1-15(13(18)20,19-11-6-2-3-7-11)10-5-4-8-12(9-10)21-14(16)17/h4-5,8-9,11,14,19H,2-3,6-7H2,1H3,(H2,18,20). The number of halogens is 2. The van der Waals surface area contributed by atoms with E-state index in [2.05, 4.69) is 10.1 Å². The van der Waals surface area contributed by atoms with E-state index < -0.39 is 18.1 Å². The molecule has 1 aliphatic carbocycles. The monoisotopic (exact) mass is 298 g/mol. The molecule has 1 aromatic rings. The van der Waals surface area contributed by atoms with E-state index >= 15 is 0 Å². The molecule has 1 amide bonds. The number of hydrogen-bond donors (Lipinski definition) is 2. The first-order valence-electron chi connectivity index (χ1n) is 7.05. The summed E-state index contributed by atoms with van der Waals surface area (Å²) >= 11 is 0. The van der Waals surface area contributed by atoms with Crippen molar-refractivity contribution in [1.82, 2.24) is 5.32 Å². The molecule has 1 atom stereocenters. The summed E-state index contributed by atoms with van der Waals surface area (Å²) in [5.41, 5.74) is 4.97. The molecule has 3 N–H and O–H groups in total. The minimum atomic E-state index is -2.90. The first-order chi connectivity index (χ1) is 9.91. The third-order valence-corrected chi connectivity index (χ3v) is 3.98. The van der Waals surface area contributed by atoms with Gasteiger partial charge in [-0.25, -0.2) is 0 Å². The highest BCUT2D eigenvalue weighted by Gasteiger charge is 2.36. The molecule has 1 saturated carbocycles. The molecule has 21 heavy (non-hydrogen) atoms. The van der Waals surface area contributed by atoms with Crippen LogP contribution in [0.3, 0.4) is 0 Å². The van der Waals surface area contributed by atoms with Crippen molar-refractivity contribution >= 4 is 5.91 Å². The van der Waals surface area contributed by atoms with E-state index in [4.69, 9.17) is 5.73 Å². The SMILES string of the molecule is CC(NC1CCCC1)(C(N)=O)c1cccc(OC(F)F)c1. The van der Waals surface area contributed by atoms with Gasteiger partial charge in [-0.15, -0.1) is 0 Å². The molecule has 6 heteroatoms. The zero-order valence-corrected chi connectivity index (χ0v) is 11.9. The lowest BCUT2D eigenvalue weighted by Crippen LogP contribution is -2.53. The Morgan fingerprint density at radius 1 is 1.43 bits per heavy atom. The zero-order valence-electron chi connectivity index (χ0n) is 11.9. The van der Waals surface area contributed by atoms with Gasteiger partial charge in [-0.05, 0) is 37.5 Å². The van der Waals surface area contributed by atoms with Gasteiger partial charge < -0.3 is 10.5 Å². The van der Waals surface area contributed by atoms with E-state index in [0.717, 1.165) is 25.7 Å². The van der Waals surface area contributed by atoms with Gasteiger partial charge in [0.25, 0.3) is 0 Å². The summed E-state index contributed by atoms with van der Waals surface area (Å²) in [5, 5.41) is 3.27. The Labute approximate surface area is 122 Å². The molecule has 1 aromatic carbocycles. The molecule has 2 rings (SSSR count). The van der Waals surface area contributed by atoms with Crippen molar-refractivity contribution in [3.63, 3.8) is 0 Å².